The van der Waals surface area contributed by atoms with Gasteiger partial charge in [0, 0.05) is 42.8 Å². The van der Waals surface area contributed by atoms with Gasteiger partial charge in [-0.05, 0) is 79.1 Å². The van der Waals surface area contributed by atoms with Crippen molar-refractivity contribution in [1.29, 1.82) is 0 Å². The molecule has 60 heavy (non-hydrogen) atoms. The summed E-state index contributed by atoms with van der Waals surface area (Å²) in [5.41, 5.74) is -1.51. The summed E-state index contributed by atoms with van der Waals surface area (Å²) in [5.74, 6) is -5.04. The van der Waals surface area contributed by atoms with Gasteiger partial charge in [0.15, 0.2) is 24.4 Å². The van der Waals surface area contributed by atoms with Gasteiger partial charge in [0.2, 0.25) is 5.91 Å². The minimum atomic E-state index is -1.87. The molecule has 0 spiro atoms. The number of nitrogens with zero attached hydrogens (tertiary/aromatic N) is 5. The molecule has 5 rings (SSSR count). The van der Waals surface area contributed by atoms with Gasteiger partial charge in [-0.1, -0.05) is 44.1 Å². The summed E-state index contributed by atoms with van der Waals surface area (Å²) < 4.78 is 37.9. The first-order chi connectivity index (χ1) is 28.3. The second-order valence-electron chi connectivity index (χ2n) is 17.2. The lowest BCUT2D eigenvalue weighted by atomic mass is 9.73. The summed E-state index contributed by atoms with van der Waals surface area (Å²) >= 11 is 0. The van der Waals surface area contributed by atoms with Crippen molar-refractivity contribution < 1.29 is 57.6 Å². The zero-order valence-corrected chi connectivity index (χ0v) is 36.7. The molecule has 3 aliphatic heterocycles. The van der Waals surface area contributed by atoms with Crippen molar-refractivity contribution in [3.8, 4) is 11.4 Å². The fourth-order valence-corrected chi connectivity index (χ4v) is 8.81. The Balaban J connectivity index is 1.64. The number of carbonyl (C=O) groups excluding carboxylic acids is 3. The Morgan fingerprint density at radius 3 is 2.45 bits per heavy atom. The normalized spacial score (nSPS) is 37.6. The number of aliphatic hydroxyl groups excluding tert-OH is 1. The second kappa shape index (κ2) is 19.8. The van der Waals surface area contributed by atoms with E-state index in [1.165, 1.54) is 20.8 Å². The van der Waals surface area contributed by atoms with E-state index in [1.54, 1.807) is 52.1 Å². The Bertz CT molecular complexity index is 1850. The third-order valence-corrected chi connectivity index (χ3v) is 12.0. The highest BCUT2D eigenvalue weighted by atomic mass is 16.7. The van der Waals surface area contributed by atoms with Gasteiger partial charge in [-0.25, -0.2) is 4.99 Å². The summed E-state index contributed by atoms with van der Waals surface area (Å²) in [6.45, 7) is 14.5. The molecule has 0 aromatic carbocycles. The number of ether oxygens (including phenoxy) is 5. The molecule has 2 aromatic heterocycles. The Kier molecular flexibility index (Phi) is 15.6. The maximum absolute atomic E-state index is 14.5. The quantitative estimate of drug-likeness (QED) is 0.217. The number of oxime groups is 1. The Morgan fingerprint density at radius 1 is 1.07 bits per heavy atom. The number of fused-ring (bicyclic) bond motifs is 5. The standard InChI is InChI=1S/C43H63N5O12/c1-12-34-43(9,53)39-25(4)35(45-28(7)49)23(2)19-42(8,55-21-29(20-54-39)46-56-22-30-18-32(47-60-30)31-15-13-14-16-44-31)38(26(5)36(50)27(6)40(52)58-34)59-41-37(51)33(48(10)11)17-24(3)57-41/h13-16,18,23-27,33-34,37-39,41,51,53H,12,17,19-22H2,1-11H3/b45-35?,46-29+/t23-,24-,25+,26+,27-,33+,34-,37-,38-,39?,41+,42-,43-/m1/s1. The molecule has 0 radical (unpaired) electrons. The number of rotatable bonds is 8. The van der Waals surface area contributed by atoms with Crippen molar-refractivity contribution in [1.82, 2.24) is 15.0 Å². The largest absolute Gasteiger partial charge is 0.459 e. The predicted molar refractivity (Wildman–Crippen MR) is 219 cm³/mol. The molecule has 17 nitrogen and oxygen atoms in total. The van der Waals surface area contributed by atoms with Crippen LogP contribution in [0.15, 0.2) is 45.1 Å². The Morgan fingerprint density at radius 2 is 1.80 bits per heavy atom. The molecule has 2 aromatic rings. The van der Waals surface area contributed by atoms with Crippen molar-refractivity contribution in [3.63, 3.8) is 0 Å². The molecule has 3 fully saturated rings. The minimum Gasteiger partial charge on any atom is -0.459 e. The molecule has 3 aliphatic rings. The van der Waals surface area contributed by atoms with Crippen LogP contribution < -0.4 is 0 Å². The number of pyridine rings is 1. The summed E-state index contributed by atoms with van der Waals surface area (Å²) in [7, 11) is 3.72. The van der Waals surface area contributed by atoms with E-state index in [1.807, 2.05) is 38.9 Å². The lowest BCUT2D eigenvalue weighted by molar-refractivity contribution is -0.296. The van der Waals surface area contributed by atoms with E-state index in [9.17, 15) is 24.6 Å². The fraction of sp³-hybridized carbons (Fsp3) is 0.698. The highest BCUT2D eigenvalue weighted by Gasteiger charge is 2.53. The average molecular weight is 842 g/mol. The Labute approximate surface area is 352 Å². The van der Waals surface area contributed by atoms with E-state index in [0.29, 0.717) is 29.3 Å². The third-order valence-electron chi connectivity index (χ3n) is 12.0. The maximum Gasteiger partial charge on any atom is 0.316 e. The maximum atomic E-state index is 14.5. The zero-order valence-electron chi connectivity index (χ0n) is 36.7. The lowest BCUT2D eigenvalue weighted by Crippen LogP contribution is -2.60. The van der Waals surface area contributed by atoms with Gasteiger partial charge in [-0.2, -0.15) is 0 Å². The van der Waals surface area contributed by atoms with Crippen LogP contribution in [0.25, 0.3) is 11.4 Å². The monoisotopic (exact) mass is 841 g/mol. The van der Waals surface area contributed by atoms with Crippen molar-refractivity contribution in [2.75, 3.05) is 27.3 Å². The molecule has 0 aliphatic carbocycles. The summed E-state index contributed by atoms with van der Waals surface area (Å²) in [4.78, 5) is 57.7. The van der Waals surface area contributed by atoms with E-state index in [-0.39, 0.29) is 50.5 Å². The zero-order chi connectivity index (χ0) is 44.1. The van der Waals surface area contributed by atoms with Crippen molar-refractivity contribution in [2.24, 2.45) is 33.8 Å². The topological polar surface area (TPSA) is 214 Å². The SMILES string of the molecule is CC[C@H]1OC(=O)[C@H](C)C(=O)[C@H](C)[C@@H](O[C@@H]2O[C@H](C)C[C@H](N(C)C)[C@H]2O)[C@@]2(C)C[C@@H](C)C(=NC(C)=O)[C@H](C)C(OC/C(=N\OCc3cc(-c4ccccn4)no3)CO2)[C@]1(C)O. The highest BCUT2D eigenvalue weighted by molar-refractivity contribution is 6.00. The predicted octanol–water partition coefficient (Wildman–Crippen LogP) is 4.17. The molecular formula is C43H63N5O12. The summed E-state index contributed by atoms with van der Waals surface area (Å²) in [6.07, 6.45) is -3.59. The van der Waals surface area contributed by atoms with Crippen LogP contribution in [0.1, 0.15) is 87.3 Å². The number of Topliss-reactive ketones (excluding diaryl/α,β-unsaturated/α-hetero) is 1. The first-order valence-corrected chi connectivity index (χ1v) is 20.8. The summed E-state index contributed by atoms with van der Waals surface area (Å²) in [5, 5.41) is 32.6. The summed E-state index contributed by atoms with van der Waals surface area (Å²) in [6, 6.07) is 6.79. The van der Waals surface area contributed by atoms with Crippen LogP contribution >= 0.6 is 0 Å². The van der Waals surface area contributed by atoms with Crippen LogP contribution in [-0.4, -0.2) is 136 Å². The number of carbonyl (C=O) groups is 3. The van der Waals surface area contributed by atoms with E-state index in [2.05, 4.69) is 20.3 Å². The lowest BCUT2D eigenvalue weighted by Gasteiger charge is -2.47. The molecule has 2 N–H and O–H groups in total. The fourth-order valence-electron chi connectivity index (χ4n) is 8.81. The van der Waals surface area contributed by atoms with Crippen LogP contribution in [0.3, 0.4) is 0 Å². The molecule has 13 atom stereocenters. The number of ketones is 1. The first-order valence-electron chi connectivity index (χ1n) is 20.8. The first kappa shape index (κ1) is 47.1. The van der Waals surface area contributed by atoms with E-state index < -0.39 is 83.2 Å². The number of aliphatic hydroxyl groups is 2. The van der Waals surface area contributed by atoms with Gasteiger partial charge in [0.05, 0.1) is 42.8 Å². The molecule has 5 heterocycles. The molecule has 1 unspecified atom stereocenters. The van der Waals surface area contributed by atoms with Gasteiger partial charge in [0.25, 0.3) is 0 Å². The van der Waals surface area contributed by atoms with Crippen molar-refractivity contribution in [3.05, 3.63) is 36.2 Å². The molecular weight excluding hydrogens is 778 g/mol. The van der Waals surface area contributed by atoms with Gasteiger partial charge in [0.1, 0.15) is 35.1 Å². The molecule has 1 amide bonds. The molecule has 17 heteroatoms. The van der Waals surface area contributed by atoms with Gasteiger partial charge >= 0.3 is 5.97 Å². The second-order valence-corrected chi connectivity index (χ2v) is 17.2. The molecule has 2 bridgehead atoms. The van der Waals surface area contributed by atoms with Crippen molar-refractivity contribution in [2.45, 2.75) is 142 Å². The average Bonchev–Trinajstić information content (AvgIpc) is 3.67. The molecule has 0 saturated carbocycles. The van der Waals surface area contributed by atoms with Gasteiger partial charge in [-0.15, -0.1) is 0 Å². The van der Waals surface area contributed by atoms with Gasteiger partial charge < -0.3 is 48.2 Å². The van der Waals surface area contributed by atoms with E-state index in [4.69, 9.17) is 33.0 Å². The number of hydrogen-bond acceptors (Lipinski definition) is 16. The smallest absolute Gasteiger partial charge is 0.316 e. The third kappa shape index (κ3) is 10.7. The van der Waals surface area contributed by atoms with Crippen LogP contribution in [-0.2, 0) is 49.5 Å². The minimum absolute atomic E-state index is 0.115. The van der Waals surface area contributed by atoms with Crippen molar-refractivity contribution >= 4 is 29.1 Å². The van der Waals surface area contributed by atoms with Crippen LogP contribution in [0.2, 0.25) is 0 Å². The highest BCUT2D eigenvalue weighted by Crippen LogP contribution is 2.40. The number of aliphatic imine (C=N–C) groups is 1. The van der Waals surface area contributed by atoms with Gasteiger partial charge in [-0.3, -0.25) is 19.4 Å². The van der Waals surface area contributed by atoms with Crippen LogP contribution in [0, 0.1) is 23.7 Å². The molecule has 3 saturated heterocycles. The number of hydrogen-bond donors (Lipinski definition) is 2. The van der Waals surface area contributed by atoms with Crippen LogP contribution in [0.5, 0.6) is 0 Å². The number of cyclic esters (lactones) is 1. The number of amides is 1. The number of likely N-dealkylation sites (N-methyl/N-ethyl adjacent to an activating group) is 1. The number of esters is 1. The van der Waals surface area contributed by atoms with E-state index >= 15 is 0 Å². The molecule has 332 valence electrons. The Hall–Kier alpha value is -3.97. The van der Waals surface area contributed by atoms with Crippen LogP contribution in [0.4, 0.5) is 0 Å². The number of aromatic nitrogens is 2. The van der Waals surface area contributed by atoms with E-state index in [0.717, 1.165) is 0 Å².